The van der Waals surface area contributed by atoms with Gasteiger partial charge >= 0.3 is 0 Å². The Morgan fingerprint density at radius 1 is 0.821 bits per heavy atom. The molecular formula is C32H33N3O3S. The third-order valence-electron chi connectivity index (χ3n) is 7.10. The summed E-state index contributed by atoms with van der Waals surface area (Å²) in [6, 6.07) is 27.1. The van der Waals surface area contributed by atoms with Crippen molar-refractivity contribution in [1.82, 2.24) is 8.87 Å². The maximum Gasteiger partial charge on any atom is 0.244 e. The second-order valence-electron chi connectivity index (χ2n) is 10.0. The lowest BCUT2D eigenvalue weighted by molar-refractivity contribution is -0.116. The molecule has 0 bridgehead atoms. The van der Waals surface area contributed by atoms with Crippen LogP contribution in [0.2, 0.25) is 0 Å². The highest BCUT2D eigenvalue weighted by Gasteiger charge is 2.30. The first kappa shape index (κ1) is 26.7. The number of nitrogens with one attached hydrogen (secondary N) is 1. The van der Waals surface area contributed by atoms with Crippen LogP contribution in [0.25, 0.3) is 21.8 Å². The number of hydrogen-bond donors (Lipinski definition) is 1. The summed E-state index contributed by atoms with van der Waals surface area (Å²) in [5.41, 5.74) is 6.01. The molecule has 6 nitrogen and oxygen atoms in total. The number of aromatic nitrogens is 1. The van der Waals surface area contributed by atoms with E-state index < -0.39 is 15.9 Å². The minimum Gasteiger partial charge on any atom is -0.341 e. The second-order valence-corrected chi connectivity index (χ2v) is 11.9. The number of para-hydroxylation sites is 1. The maximum absolute atomic E-state index is 14.0. The van der Waals surface area contributed by atoms with Gasteiger partial charge in [0.15, 0.2) is 0 Å². The van der Waals surface area contributed by atoms with Crippen molar-refractivity contribution >= 4 is 43.4 Å². The summed E-state index contributed by atoms with van der Waals surface area (Å²) in [5.74, 6) is -0.393. The molecule has 39 heavy (non-hydrogen) atoms. The van der Waals surface area contributed by atoms with Gasteiger partial charge < -0.3 is 9.88 Å². The molecule has 1 amide bonds. The lowest BCUT2D eigenvalue weighted by Gasteiger charge is -2.24. The lowest BCUT2D eigenvalue weighted by Crippen LogP contribution is -2.38. The number of amides is 1. The largest absolute Gasteiger partial charge is 0.341 e. The molecule has 1 aromatic heterocycles. The van der Waals surface area contributed by atoms with Gasteiger partial charge in [-0.2, -0.15) is 4.31 Å². The summed E-state index contributed by atoms with van der Waals surface area (Å²) in [7, 11) is -3.96. The van der Waals surface area contributed by atoms with Crippen molar-refractivity contribution in [3.8, 4) is 0 Å². The van der Waals surface area contributed by atoms with Crippen molar-refractivity contribution in [2.24, 2.45) is 0 Å². The van der Waals surface area contributed by atoms with Crippen LogP contribution in [0.4, 0.5) is 5.69 Å². The molecule has 0 atom stereocenters. The third kappa shape index (κ3) is 5.20. The van der Waals surface area contributed by atoms with Crippen molar-refractivity contribution in [2.45, 2.75) is 45.7 Å². The molecule has 0 fully saturated rings. The molecule has 0 saturated heterocycles. The lowest BCUT2D eigenvalue weighted by atomic mass is 10.1. The van der Waals surface area contributed by atoms with Crippen LogP contribution >= 0.6 is 0 Å². The van der Waals surface area contributed by atoms with Crippen molar-refractivity contribution in [3.63, 3.8) is 0 Å². The molecule has 0 aliphatic rings. The minimum absolute atomic E-state index is 0.0897. The van der Waals surface area contributed by atoms with Crippen molar-refractivity contribution < 1.29 is 13.2 Å². The number of carbonyl (C=O) groups is 1. The zero-order valence-electron chi connectivity index (χ0n) is 22.7. The van der Waals surface area contributed by atoms with E-state index in [1.165, 1.54) is 4.31 Å². The molecule has 0 aliphatic carbocycles. The Bertz CT molecular complexity index is 1770. The Hall–Kier alpha value is -3.94. The van der Waals surface area contributed by atoms with Crippen LogP contribution in [0.3, 0.4) is 0 Å². The van der Waals surface area contributed by atoms with Crippen LogP contribution < -0.4 is 5.32 Å². The Balaban J connectivity index is 1.47. The van der Waals surface area contributed by atoms with E-state index in [-0.39, 0.29) is 18.0 Å². The van der Waals surface area contributed by atoms with E-state index >= 15 is 0 Å². The molecule has 4 aromatic carbocycles. The first-order valence-corrected chi connectivity index (χ1v) is 14.6. The fourth-order valence-electron chi connectivity index (χ4n) is 5.55. The predicted molar refractivity (Wildman–Crippen MR) is 158 cm³/mol. The van der Waals surface area contributed by atoms with Gasteiger partial charge in [-0.05, 0) is 68.7 Å². The van der Waals surface area contributed by atoms with Crippen LogP contribution in [0.5, 0.6) is 0 Å². The van der Waals surface area contributed by atoms with Gasteiger partial charge in [0.25, 0.3) is 0 Å². The van der Waals surface area contributed by atoms with Gasteiger partial charge in [-0.3, -0.25) is 4.79 Å². The van der Waals surface area contributed by atoms with E-state index in [0.717, 1.165) is 39.5 Å². The summed E-state index contributed by atoms with van der Waals surface area (Å²) < 4.78 is 31.5. The summed E-state index contributed by atoms with van der Waals surface area (Å²) in [6.45, 7) is 8.28. The van der Waals surface area contributed by atoms with Crippen LogP contribution in [0, 0.1) is 20.8 Å². The van der Waals surface area contributed by atoms with Gasteiger partial charge in [0, 0.05) is 40.6 Å². The zero-order valence-corrected chi connectivity index (χ0v) is 23.5. The zero-order chi connectivity index (χ0) is 27.7. The monoisotopic (exact) mass is 539 g/mol. The van der Waals surface area contributed by atoms with Crippen LogP contribution in [-0.2, 0) is 27.9 Å². The molecule has 0 unspecified atom stereocenters. The van der Waals surface area contributed by atoms with Crippen LogP contribution in [0.15, 0.2) is 89.8 Å². The quantitative estimate of drug-likeness (QED) is 0.242. The molecule has 7 heteroatoms. The third-order valence-corrected chi connectivity index (χ3v) is 9.19. The van der Waals surface area contributed by atoms with Crippen molar-refractivity contribution in [3.05, 3.63) is 107 Å². The van der Waals surface area contributed by atoms with Crippen LogP contribution in [-0.4, -0.2) is 29.7 Å². The molecule has 0 aliphatic heterocycles. The SMILES string of the molecule is CCn1c2ccccc2c2cc(NC(=O)CN(Cc3ccccc3)S(=O)(=O)c3c(C)cc(C)cc3C)ccc21. The number of carbonyl (C=O) groups excluding carboxylic acids is 1. The highest BCUT2D eigenvalue weighted by atomic mass is 32.2. The Labute approximate surface area is 229 Å². The number of anilines is 1. The number of hydrogen-bond acceptors (Lipinski definition) is 3. The molecule has 5 aromatic rings. The van der Waals surface area contributed by atoms with E-state index in [4.69, 9.17) is 0 Å². The molecule has 5 rings (SSSR count). The van der Waals surface area contributed by atoms with Crippen LogP contribution in [0.1, 0.15) is 29.2 Å². The van der Waals surface area contributed by atoms with E-state index in [1.807, 2.05) is 79.7 Å². The summed E-state index contributed by atoms with van der Waals surface area (Å²) in [6.07, 6.45) is 0. The topological polar surface area (TPSA) is 71.4 Å². The number of sulfonamides is 1. The average Bonchev–Trinajstić information content (AvgIpc) is 3.21. The normalized spacial score (nSPS) is 11.9. The molecule has 1 heterocycles. The minimum atomic E-state index is -3.96. The molecule has 0 saturated carbocycles. The first-order valence-electron chi connectivity index (χ1n) is 13.1. The fourth-order valence-corrected chi connectivity index (χ4v) is 7.34. The van der Waals surface area contributed by atoms with E-state index in [9.17, 15) is 13.2 Å². The number of fused-ring (bicyclic) bond motifs is 3. The predicted octanol–water partition coefficient (Wildman–Crippen LogP) is 6.57. The highest BCUT2D eigenvalue weighted by molar-refractivity contribution is 7.89. The van der Waals surface area contributed by atoms with Gasteiger partial charge in [0.2, 0.25) is 15.9 Å². The number of nitrogens with zero attached hydrogens (tertiary/aromatic N) is 2. The first-order chi connectivity index (χ1) is 18.7. The number of benzene rings is 4. The smallest absolute Gasteiger partial charge is 0.244 e. The van der Waals surface area contributed by atoms with Gasteiger partial charge in [-0.25, -0.2) is 8.42 Å². The second kappa shape index (κ2) is 10.7. The van der Waals surface area contributed by atoms with E-state index in [2.05, 4.69) is 28.9 Å². The standard InChI is InChI=1S/C32H33N3O3S/c1-5-35-29-14-10-9-13-27(29)28-19-26(15-16-30(28)35)33-31(36)21-34(20-25-11-7-6-8-12-25)39(37,38)32-23(3)17-22(2)18-24(32)4/h6-19H,5,20-21H2,1-4H3,(H,33,36). The Kier molecular flexibility index (Phi) is 7.30. The molecule has 0 radical (unpaired) electrons. The molecule has 1 N–H and O–H groups in total. The van der Waals surface area contributed by atoms with Gasteiger partial charge in [0.1, 0.15) is 0 Å². The average molecular weight is 540 g/mol. The van der Waals surface area contributed by atoms with Crippen molar-refractivity contribution in [2.75, 3.05) is 11.9 Å². The van der Waals surface area contributed by atoms with Gasteiger partial charge in [-0.15, -0.1) is 0 Å². The number of rotatable bonds is 8. The maximum atomic E-state index is 14.0. The van der Waals surface area contributed by atoms with Gasteiger partial charge in [0.05, 0.1) is 11.4 Å². The molecule has 0 spiro atoms. The molecule has 200 valence electrons. The summed E-state index contributed by atoms with van der Waals surface area (Å²) >= 11 is 0. The van der Waals surface area contributed by atoms with Gasteiger partial charge in [-0.1, -0.05) is 66.2 Å². The fraction of sp³-hybridized carbons (Fsp3) is 0.219. The Morgan fingerprint density at radius 2 is 1.46 bits per heavy atom. The molecular weight excluding hydrogens is 506 g/mol. The summed E-state index contributed by atoms with van der Waals surface area (Å²) in [5, 5.41) is 5.11. The van der Waals surface area contributed by atoms with E-state index in [0.29, 0.717) is 16.8 Å². The number of aryl methyl sites for hydroxylation is 4. The summed E-state index contributed by atoms with van der Waals surface area (Å²) in [4.78, 5) is 13.6. The van der Waals surface area contributed by atoms with E-state index in [1.54, 1.807) is 13.8 Å². The Morgan fingerprint density at radius 3 is 2.15 bits per heavy atom. The van der Waals surface area contributed by atoms with Crippen molar-refractivity contribution in [1.29, 1.82) is 0 Å². The highest BCUT2D eigenvalue weighted by Crippen LogP contribution is 2.31.